The molecule has 8 heteroatoms. The topological polar surface area (TPSA) is 54.7 Å². The van der Waals surface area contributed by atoms with Crippen molar-refractivity contribution in [3.05, 3.63) is 28.0 Å². The number of hydrogen-bond acceptors (Lipinski definition) is 4. The van der Waals surface area contributed by atoms with Crippen LogP contribution < -0.4 is 4.80 Å². The van der Waals surface area contributed by atoms with Crippen molar-refractivity contribution in [3.8, 4) is 0 Å². The third kappa shape index (κ3) is 4.65. The fourth-order valence-electron chi connectivity index (χ4n) is 2.81. The largest absolute Gasteiger partial charge is 0.342 e. The zero-order valence-corrected chi connectivity index (χ0v) is 16.4. The number of halogens is 1. The van der Waals surface area contributed by atoms with E-state index >= 15 is 0 Å². The lowest BCUT2D eigenvalue weighted by molar-refractivity contribution is -0.129. The van der Waals surface area contributed by atoms with Gasteiger partial charge in [-0.3, -0.25) is 9.59 Å². The predicted molar refractivity (Wildman–Crippen MR) is 104 cm³/mol. The normalized spacial score (nSPS) is 15.8. The van der Waals surface area contributed by atoms with Crippen LogP contribution in [-0.4, -0.2) is 45.9 Å². The van der Waals surface area contributed by atoms with Crippen molar-refractivity contribution in [2.24, 2.45) is 12.0 Å². The van der Waals surface area contributed by atoms with Gasteiger partial charge in [0.05, 0.1) is 21.7 Å². The molecule has 0 bridgehead atoms. The minimum absolute atomic E-state index is 0.125. The maximum atomic E-state index is 12.1. The maximum Gasteiger partial charge on any atom is 0.258 e. The standard InChI is InChI=1S/C17H20ClN3O2S2/c1-20-13-6-5-12(18)9-14(13)25-17(20)19-15(22)10-24-11-16(23)21-7-3-2-4-8-21/h5-6,9H,2-4,7-8,10-11H2,1H3. The SMILES string of the molecule is Cn1c(=NC(=O)CSCC(=O)N2CCCCC2)sc2cc(Cl)ccc21. The summed E-state index contributed by atoms with van der Waals surface area (Å²) in [4.78, 5) is 30.9. The predicted octanol–water partition coefficient (Wildman–Crippen LogP) is 3.07. The zero-order valence-electron chi connectivity index (χ0n) is 14.0. The van der Waals surface area contributed by atoms with Crippen molar-refractivity contribution < 1.29 is 9.59 Å². The van der Waals surface area contributed by atoms with Gasteiger partial charge in [0, 0.05) is 25.2 Å². The molecule has 0 saturated carbocycles. The van der Waals surface area contributed by atoms with Crippen LogP contribution in [0.2, 0.25) is 5.02 Å². The van der Waals surface area contributed by atoms with E-state index in [0.717, 1.165) is 36.1 Å². The van der Waals surface area contributed by atoms with Crippen LogP contribution in [0.1, 0.15) is 19.3 Å². The fourth-order valence-corrected chi connectivity index (χ4v) is 4.82. The van der Waals surface area contributed by atoms with Crippen LogP contribution in [-0.2, 0) is 16.6 Å². The van der Waals surface area contributed by atoms with E-state index in [0.29, 0.717) is 15.6 Å². The molecule has 2 heterocycles. The maximum absolute atomic E-state index is 12.1. The molecule has 1 aliphatic rings. The van der Waals surface area contributed by atoms with Gasteiger partial charge in [0.2, 0.25) is 5.91 Å². The molecule has 2 aromatic rings. The van der Waals surface area contributed by atoms with Crippen LogP contribution in [0.4, 0.5) is 0 Å². The summed E-state index contributed by atoms with van der Waals surface area (Å²) in [5.41, 5.74) is 0.994. The molecule has 0 N–H and O–H groups in total. The highest BCUT2D eigenvalue weighted by Gasteiger charge is 2.16. The van der Waals surface area contributed by atoms with E-state index in [1.807, 2.05) is 34.7 Å². The van der Waals surface area contributed by atoms with Gasteiger partial charge < -0.3 is 9.47 Å². The zero-order chi connectivity index (χ0) is 17.8. The Bertz CT molecular complexity index is 853. The summed E-state index contributed by atoms with van der Waals surface area (Å²) in [6.07, 6.45) is 3.36. The van der Waals surface area contributed by atoms with Crippen molar-refractivity contribution in [1.29, 1.82) is 0 Å². The molecular weight excluding hydrogens is 378 g/mol. The number of carbonyl (C=O) groups excluding carboxylic acids is 2. The Morgan fingerprint density at radius 3 is 2.76 bits per heavy atom. The van der Waals surface area contributed by atoms with E-state index < -0.39 is 0 Å². The average Bonchev–Trinajstić information content (AvgIpc) is 2.90. The smallest absolute Gasteiger partial charge is 0.258 e. The molecule has 1 aromatic heterocycles. The Morgan fingerprint density at radius 2 is 2.00 bits per heavy atom. The fraction of sp³-hybridized carbons (Fsp3) is 0.471. The van der Waals surface area contributed by atoms with Crippen LogP contribution in [0, 0.1) is 0 Å². The Kier molecular flexibility index (Phi) is 6.19. The molecule has 0 radical (unpaired) electrons. The van der Waals surface area contributed by atoms with Crippen LogP contribution in [0.25, 0.3) is 10.2 Å². The highest BCUT2D eigenvalue weighted by Crippen LogP contribution is 2.21. The summed E-state index contributed by atoms with van der Waals surface area (Å²) in [5, 5.41) is 0.666. The Labute approximate surface area is 159 Å². The van der Waals surface area contributed by atoms with Gasteiger partial charge in [-0.05, 0) is 37.5 Å². The highest BCUT2D eigenvalue weighted by atomic mass is 35.5. The molecule has 0 unspecified atom stereocenters. The average molecular weight is 398 g/mol. The number of nitrogens with zero attached hydrogens (tertiary/aromatic N) is 3. The van der Waals surface area contributed by atoms with E-state index in [1.165, 1.54) is 29.5 Å². The molecule has 1 saturated heterocycles. The number of piperidine rings is 1. The number of hydrogen-bond donors (Lipinski definition) is 0. The molecule has 0 spiro atoms. The summed E-state index contributed by atoms with van der Waals surface area (Å²) < 4.78 is 2.88. The monoisotopic (exact) mass is 397 g/mol. The second kappa shape index (κ2) is 8.38. The van der Waals surface area contributed by atoms with Crippen LogP contribution >= 0.6 is 34.7 Å². The highest BCUT2D eigenvalue weighted by molar-refractivity contribution is 8.00. The lowest BCUT2D eigenvalue weighted by Gasteiger charge is -2.26. The quantitative estimate of drug-likeness (QED) is 0.796. The minimum Gasteiger partial charge on any atom is -0.342 e. The molecule has 3 rings (SSSR count). The molecule has 1 aliphatic heterocycles. The first-order chi connectivity index (χ1) is 12.0. The number of amides is 2. The van der Waals surface area contributed by atoms with E-state index in [2.05, 4.69) is 4.99 Å². The second-order valence-electron chi connectivity index (χ2n) is 6.00. The van der Waals surface area contributed by atoms with Gasteiger partial charge in [0.25, 0.3) is 5.91 Å². The summed E-state index contributed by atoms with van der Waals surface area (Å²) >= 11 is 8.78. The second-order valence-corrected chi connectivity index (χ2v) is 8.43. The lowest BCUT2D eigenvalue weighted by atomic mass is 10.1. The number of thiazole rings is 1. The molecule has 25 heavy (non-hydrogen) atoms. The van der Waals surface area contributed by atoms with Crippen LogP contribution in [0.5, 0.6) is 0 Å². The Morgan fingerprint density at radius 1 is 1.24 bits per heavy atom. The number of aryl methyl sites for hydroxylation is 1. The Hall–Kier alpha value is -1.31. The van der Waals surface area contributed by atoms with Gasteiger partial charge in [-0.15, -0.1) is 11.8 Å². The number of carbonyl (C=O) groups is 2. The van der Waals surface area contributed by atoms with Crippen molar-refractivity contribution in [1.82, 2.24) is 9.47 Å². The first-order valence-corrected chi connectivity index (χ1v) is 10.6. The van der Waals surface area contributed by atoms with Crippen molar-refractivity contribution >= 4 is 56.7 Å². The minimum atomic E-state index is -0.218. The third-order valence-corrected chi connectivity index (χ3v) is 6.38. The van der Waals surface area contributed by atoms with E-state index in [-0.39, 0.29) is 17.6 Å². The third-order valence-electron chi connectivity index (χ3n) is 4.15. The Balaban J connectivity index is 1.59. The van der Waals surface area contributed by atoms with Crippen LogP contribution in [0.15, 0.2) is 23.2 Å². The van der Waals surface area contributed by atoms with Gasteiger partial charge in [-0.1, -0.05) is 22.9 Å². The van der Waals surface area contributed by atoms with Gasteiger partial charge in [0.15, 0.2) is 4.80 Å². The number of rotatable bonds is 4. The van der Waals surface area contributed by atoms with Crippen molar-refractivity contribution in [2.45, 2.75) is 19.3 Å². The molecule has 134 valence electrons. The first kappa shape index (κ1) is 18.5. The van der Waals surface area contributed by atoms with E-state index in [1.54, 1.807) is 0 Å². The van der Waals surface area contributed by atoms with Gasteiger partial charge in [-0.25, -0.2) is 0 Å². The van der Waals surface area contributed by atoms with Crippen molar-refractivity contribution in [3.63, 3.8) is 0 Å². The number of benzene rings is 1. The van der Waals surface area contributed by atoms with Gasteiger partial charge in [-0.2, -0.15) is 4.99 Å². The molecule has 0 aliphatic carbocycles. The summed E-state index contributed by atoms with van der Waals surface area (Å²) in [6, 6.07) is 5.62. The summed E-state index contributed by atoms with van der Waals surface area (Å²) in [6.45, 7) is 1.69. The molecular formula is C17H20ClN3O2S2. The number of thioether (sulfide) groups is 1. The van der Waals surface area contributed by atoms with Crippen molar-refractivity contribution in [2.75, 3.05) is 24.6 Å². The van der Waals surface area contributed by atoms with E-state index in [9.17, 15) is 9.59 Å². The van der Waals surface area contributed by atoms with Gasteiger partial charge >= 0.3 is 0 Å². The van der Waals surface area contributed by atoms with Gasteiger partial charge in [0.1, 0.15) is 0 Å². The number of aromatic nitrogens is 1. The molecule has 5 nitrogen and oxygen atoms in total. The summed E-state index contributed by atoms with van der Waals surface area (Å²) in [5.74, 6) is 0.466. The lowest BCUT2D eigenvalue weighted by Crippen LogP contribution is -2.36. The van der Waals surface area contributed by atoms with E-state index in [4.69, 9.17) is 11.6 Å². The number of fused-ring (bicyclic) bond motifs is 1. The molecule has 1 aromatic carbocycles. The molecule has 1 fully saturated rings. The molecule has 2 amide bonds. The first-order valence-electron chi connectivity index (χ1n) is 8.23. The summed E-state index contributed by atoms with van der Waals surface area (Å²) in [7, 11) is 1.88. The van der Waals surface area contributed by atoms with Crippen LogP contribution in [0.3, 0.4) is 0 Å². The molecule has 0 atom stereocenters. The number of likely N-dealkylation sites (tertiary alicyclic amines) is 1.